The Balaban J connectivity index is 1.98. The highest BCUT2D eigenvalue weighted by Gasteiger charge is 2.26. The van der Waals surface area contributed by atoms with Gasteiger partial charge in [0.05, 0.1) is 24.4 Å². The molecule has 0 unspecified atom stereocenters. The van der Waals surface area contributed by atoms with Crippen LogP contribution in [-0.2, 0) is 4.74 Å². The zero-order valence-electron chi connectivity index (χ0n) is 10.8. The summed E-state index contributed by atoms with van der Waals surface area (Å²) in [7, 11) is 0. The summed E-state index contributed by atoms with van der Waals surface area (Å²) in [4.78, 5) is 2.22. The van der Waals surface area contributed by atoms with E-state index in [1.807, 2.05) is 6.07 Å². The van der Waals surface area contributed by atoms with E-state index < -0.39 is 0 Å². The summed E-state index contributed by atoms with van der Waals surface area (Å²) in [5, 5.41) is 7.14. The fraction of sp³-hybridized carbons (Fsp3) is 0.750. The fourth-order valence-electron chi connectivity index (χ4n) is 1.90. The van der Waals surface area contributed by atoms with Gasteiger partial charge in [0.2, 0.25) is 5.88 Å². The summed E-state index contributed by atoms with van der Waals surface area (Å²) in [6, 6.07) is 2.20. The van der Waals surface area contributed by atoms with E-state index in [4.69, 9.17) is 9.26 Å². The van der Waals surface area contributed by atoms with Gasteiger partial charge >= 0.3 is 0 Å². The van der Waals surface area contributed by atoms with Crippen LogP contribution in [0.1, 0.15) is 20.8 Å². The van der Waals surface area contributed by atoms with Gasteiger partial charge in [-0.25, -0.2) is 0 Å². The Kier molecular flexibility index (Phi) is 3.69. The summed E-state index contributed by atoms with van der Waals surface area (Å²) < 4.78 is 11.1. The highest BCUT2D eigenvalue weighted by molar-refractivity contribution is 5.35. The number of rotatable bonds is 3. The quantitative estimate of drug-likeness (QED) is 0.860. The van der Waals surface area contributed by atoms with E-state index in [0.717, 1.165) is 25.5 Å². The molecule has 0 aliphatic carbocycles. The van der Waals surface area contributed by atoms with Crippen LogP contribution >= 0.6 is 0 Å². The van der Waals surface area contributed by atoms with Crippen LogP contribution in [0, 0.1) is 0 Å². The van der Waals surface area contributed by atoms with Gasteiger partial charge in [-0.05, 0) is 20.8 Å². The zero-order valence-corrected chi connectivity index (χ0v) is 10.8. The number of nitrogens with zero attached hydrogens (tertiary/aromatic N) is 2. The molecule has 2 heterocycles. The van der Waals surface area contributed by atoms with Crippen molar-refractivity contribution in [3.05, 3.63) is 12.3 Å². The maximum absolute atomic E-state index is 5.85. The van der Waals surface area contributed by atoms with Crippen molar-refractivity contribution < 1.29 is 9.26 Å². The number of aromatic nitrogens is 1. The number of ether oxygens (including phenoxy) is 1. The topological polar surface area (TPSA) is 50.5 Å². The molecule has 1 aliphatic rings. The first-order valence-electron chi connectivity index (χ1n) is 6.08. The van der Waals surface area contributed by atoms with E-state index in [2.05, 4.69) is 36.1 Å². The van der Waals surface area contributed by atoms with Crippen molar-refractivity contribution in [1.29, 1.82) is 0 Å². The van der Waals surface area contributed by atoms with E-state index >= 15 is 0 Å². The molecule has 0 aromatic carbocycles. The first-order valence-corrected chi connectivity index (χ1v) is 6.08. The molecule has 1 aromatic rings. The maximum Gasteiger partial charge on any atom is 0.227 e. The van der Waals surface area contributed by atoms with Gasteiger partial charge in [-0.2, -0.15) is 0 Å². The van der Waals surface area contributed by atoms with Crippen LogP contribution < -0.4 is 10.2 Å². The third kappa shape index (κ3) is 3.44. The van der Waals surface area contributed by atoms with Crippen molar-refractivity contribution in [2.75, 3.05) is 31.1 Å². The lowest BCUT2D eigenvalue weighted by atomic mass is 10.1. The van der Waals surface area contributed by atoms with Crippen molar-refractivity contribution in [2.45, 2.75) is 32.4 Å². The van der Waals surface area contributed by atoms with E-state index in [1.54, 1.807) is 6.20 Å². The highest BCUT2D eigenvalue weighted by Crippen LogP contribution is 2.19. The summed E-state index contributed by atoms with van der Waals surface area (Å²) in [6.45, 7) is 9.71. The zero-order chi connectivity index (χ0) is 12.3. The SMILES string of the molecule is CC(C)(C)OC[C@@H]1CNCCN1c1ccno1. The van der Waals surface area contributed by atoms with Gasteiger partial charge in [0.15, 0.2) is 0 Å². The molecule has 17 heavy (non-hydrogen) atoms. The van der Waals surface area contributed by atoms with Gasteiger partial charge in [-0.1, -0.05) is 5.16 Å². The Morgan fingerprint density at radius 2 is 2.41 bits per heavy atom. The van der Waals surface area contributed by atoms with Crippen LogP contribution in [-0.4, -0.2) is 43.0 Å². The molecule has 0 bridgehead atoms. The van der Waals surface area contributed by atoms with Crippen molar-refractivity contribution in [3.63, 3.8) is 0 Å². The molecule has 1 atom stereocenters. The van der Waals surface area contributed by atoms with Gasteiger partial charge in [0.25, 0.3) is 0 Å². The van der Waals surface area contributed by atoms with E-state index in [9.17, 15) is 0 Å². The Labute approximate surface area is 102 Å². The third-order valence-electron chi connectivity index (χ3n) is 2.77. The number of hydrogen-bond donors (Lipinski definition) is 1. The van der Waals surface area contributed by atoms with E-state index in [-0.39, 0.29) is 5.60 Å². The molecule has 0 radical (unpaired) electrons. The monoisotopic (exact) mass is 239 g/mol. The average Bonchev–Trinajstić information content (AvgIpc) is 2.79. The van der Waals surface area contributed by atoms with E-state index in [0.29, 0.717) is 12.6 Å². The van der Waals surface area contributed by atoms with Gasteiger partial charge in [-0.3, -0.25) is 0 Å². The minimum atomic E-state index is -0.107. The first-order chi connectivity index (χ1) is 8.06. The minimum absolute atomic E-state index is 0.107. The average molecular weight is 239 g/mol. The summed E-state index contributed by atoms with van der Waals surface area (Å²) in [5.74, 6) is 0.828. The van der Waals surface area contributed by atoms with Crippen molar-refractivity contribution in [3.8, 4) is 0 Å². The lowest BCUT2D eigenvalue weighted by Crippen LogP contribution is -2.54. The predicted molar refractivity (Wildman–Crippen MR) is 66.2 cm³/mol. The number of hydrogen-bond acceptors (Lipinski definition) is 5. The molecule has 1 aliphatic heterocycles. The second-order valence-electron chi connectivity index (χ2n) is 5.33. The molecule has 0 amide bonds. The summed E-state index contributed by atoms with van der Waals surface area (Å²) >= 11 is 0. The molecular formula is C12H21N3O2. The van der Waals surface area contributed by atoms with Crippen LogP contribution in [0.2, 0.25) is 0 Å². The predicted octanol–water partition coefficient (Wildman–Crippen LogP) is 1.27. The number of nitrogens with one attached hydrogen (secondary N) is 1. The van der Waals surface area contributed by atoms with Gasteiger partial charge in [-0.15, -0.1) is 0 Å². The van der Waals surface area contributed by atoms with Crippen LogP contribution in [0.25, 0.3) is 0 Å². The Morgan fingerprint density at radius 3 is 3.06 bits per heavy atom. The maximum atomic E-state index is 5.85. The smallest absolute Gasteiger partial charge is 0.227 e. The van der Waals surface area contributed by atoms with Gasteiger partial charge in [0.1, 0.15) is 0 Å². The van der Waals surface area contributed by atoms with Gasteiger partial charge in [0, 0.05) is 25.7 Å². The Hall–Kier alpha value is -1.07. The molecule has 0 spiro atoms. The molecule has 1 aromatic heterocycles. The third-order valence-corrected chi connectivity index (χ3v) is 2.77. The largest absolute Gasteiger partial charge is 0.374 e. The molecule has 2 rings (SSSR count). The van der Waals surface area contributed by atoms with Crippen molar-refractivity contribution >= 4 is 5.88 Å². The number of anilines is 1. The van der Waals surface area contributed by atoms with Crippen molar-refractivity contribution in [2.24, 2.45) is 0 Å². The van der Waals surface area contributed by atoms with Crippen molar-refractivity contribution in [1.82, 2.24) is 10.5 Å². The van der Waals surface area contributed by atoms with Crippen LogP contribution in [0.3, 0.4) is 0 Å². The summed E-state index contributed by atoms with van der Waals surface area (Å²) in [6.07, 6.45) is 1.68. The molecule has 1 fully saturated rings. The molecule has 96 valence electrons. The highest BCUT2D eigenvalue weighted by atomic mass is 16.5. The Morgan fingerprint density at radius 1 is 1.59 bits per heavy atom. The minimum Gasteiger partial charge on any atom is -0.374 e. The Bertz CT molecular complexity index is 332. The van der Waals surface area contributed by atoms with E-state index in [1.165, 1.54) is 0 Å². The fourth-order valence-corrected chi connectivity index (χ4v) is 1.90. The molecule has 1 N–H and O–H groups in total. The second-order valence-corrected chi connectivity index (χ2v) is 5.33. The van der Waals surface area contributed by atoms with Gasteiger partial charge < -0.3 is 19.5 Å². The lowest BCUT2D eigenvalue weighted by molar-refractivity contribution is -0.0123. The number of piperazine rings is 1. The summed E-state index contributed by atoms with van der Waals surface area (Å²) in [5.41, 5.74) is -0.107. The molecule has 1 saturated heterocycles. The van der Waals surface area contributed by atoms with Crippen LogP contribution in [0.4, 0.5) is 5.88 Å². The molecule has 5 nitrogen and oxygen atoms in total. The lowest BCUT2D eigenvalue weighted by Gasteiger charge is -2.36. The normalized spacial score (nSPS) is 21.8. The van der Waals surface area contributed by atoms with Crippen LogP contribution in [0.5, 0.6) is 0 Å². The second kappa shape index (κ2) is 5.06. The standard InChI is InChI=1S/C12H21N3O2/c1-12(2,3)16-9-10-8-13-6-7-15(10)11-4-5-14-17-11/h4-5,10,13H,6-9H2,1-3H3/t10-/m0/s1. The first kappa shape index (κ1) is 12.4. The molecular weight excluding hydrogens is 218 g/mol. The molecule has 0 saturated carbocycles. The molecule has 5 heteroatoms. The van der Waals surface area contributed by atoms with Crippen LogP contribution in [0.15, 0.2) is 16.8 Å².